The Hall–Kier alpha value is -1.61. The monoisotopic (exact) mass is 334 g/mol. The summed E-state index contributed by atoms with van der Waals surface area (Å²) in [6.07, 6.45) is 25.1. The number of rotatable bonds is 15. The topological polar surface area (TPSA) is 57.5 Å². The molecule has 0 aliphatic heterocycles. The number of carboxylic acid groups (broad SMARTS) is 1. The van der Waals surface area contributed by atoms with E-state index in [-0.39, 0.29) is 6.42 Å². The molecule has 0 aliphatic carbocycles. The summed E-state index contributed by atoms with van der Waals surface area (Å²) in [6.45, 7) is 2.23. The molecule has 2 N–H and O–H groups in total. The summed E-state index contributed by atoms with van der Waals surface area (Å²) in [4.78, 5) is 10.4. The van der Waals surface area contributed by atoms with Gasteiger partial charge in [0, 0.05) is 6.42 Å². The van der Waals surface area contributed by atoms with Gasteiger partial charge in [-0.25, -0.2) is 0 Å². The molecule has 0 unspecified atom stereocenters. The molecule has 0 aliphatic rings. The second-order valence-electron chi connectivity index (χ2n) is 5.93. The standard InChI is InChI=1S/C21H34O3/c1-2-3-4-5-6-7-8-9-10-11-12-13-14-15-17-20(22)18-16-19-21(23)24/h7-8,10-11,13-15,17,20,22H,2-6,9,12,16,18-19H2,1H3,(H,23,24)/b8-7-,11-10-,14-13-,17-15+/t20-/m0/s1. The molecule has 0 saturated heterocycles. The molecule has 0 saturated carbocycles. The molecule has 0 amide bonds. The SMILES string of the molecule is CCCCCC/C=C\C/C=C\C/C=C\C=C\[C@H](O)CCCC(=O)O. The van der Waals surface area contributed by atoms with E-state index in [0.717, 1.165) is 12.8 Å². The predicted molar refractivity (Wildman–Crippen MR) is 102 cm³/mol. The summed E-state index contributed by atoms with van der Waals surface area (Å²) < 4.78 is 0. The van der Waals surface area contributed by atoms with E-state index in [2.05, 4.69) is 31.2 Å². The lowest BCUT2D eigenvalue weighted by Gasteiger charge is -2.02. The van der Waals surface area contributed by atoms with Gasteiger partial charge in [-0.05, 0) is 38.5 Å². The molecular weight excluding hydrogens is 300 g/mol. The van der Waals surface area contributed by atoms with Gasteiger partial charge in [0.25, 0.3) is 0 Å². The fourth-order valence-electron chi connectivity index (χ4n) is 2.16. The lowest BCUT2D eigenvalue weighted by Crippen LogP contribution is -2.03. The molecule has 0 fully saturated rings. The van der Waals surface area contributed by atoms with Crippen molar-refractivity contribution in [1.29, 1.82) is 0 Å². The van der Waals surface area contributed by atoms with Crippen LogP contribution in [-0.4, -0.2) is 22.3 Å². The highest BCUT2D eigenvalue weighted by atomic mass is 16.4. The number of carbonyl (C=O) groups is 1. The Kier molecular flexibility index (Phi) is 16.5. The molecule has 3 heteroatoms. The third-order valence-corrected chi connectivity index (χ3v) is 3.57. The molecule has 0 bridgehead atoms. The van der Waals surface area contributed by atoms with Crippen molar-refractivity contribution in [2.75, 3.05) is 0 Å². The number of aliphatic hydroxyl groups is 1. The van der Waals surface area contributed by atoms with E-state index >= 15 is 0 Å². The van der Waals surface area contributed by atoms with E-state index in [9.17, 15) is 9.90 Å². The minimum Gasteiger partial charge on any atom is -0.481 e. The maximum absolute atomic E-state index is 10.4. The highest BCUT2D eigenvalue weighted by molar-refractivity contribution is 5.66. The number of aliphatic hydroxyl groups excluding tert-OH is 1. The third-order valence-electron chi connectivity index (χ3n) is 3.57. The van der Waals surface area contributed by atoms with E-state index in [0.29, 0.717) is 12.8 Å². The summed E-state index contributed by atoms with van der Waals surface area (Å²) in [5, 5.41) is 18.1. The number of carboxylic acids is 1. The Morgan fingerprint density at radius 2 is 1.62 bits per heavy atom. The van der Waals surface area contributed by atoms with Crippen LogP contribution in [0.1, 0.15) is 71.1 Å². The molecular formula is C21H34O3. The summed E-state index contributed by atoms with van der Waals surface area (Å²) in [5.74, 6) is -0.816. The minimum absolute atomic E-state index is 0.110. The molecule has 0 aromatic carbocycles. The van der Waals surface area contributed by atoms with E-state index in [1.165, 1.54) is 32.1 Å². The molecule has 1 atom stereocenters. The zero-order valence-electron chi connectivity index (χ0n) is 15.1. The van der Waals surface area contributed by atoms with Crippen molar-refractivity contribution in [3.05, 3.63) is 48.6 Å². The van der Waals surface area contributed by atoms with Crippen molar-refractivity contribution in [3.63, 3.8) is 0 Å². The molecule has 0 radical (unpaired) electrons. The Morgan fingerprint density at radius 3 is 2.33 bits per heavy atom. The van der Waals surface area contributed by atoms with Gasteiger partial charge in [-0.15, -0.1) is 0 Å². The highest BCUT2D eigenvalue weighted by Gasteiger charge is 2.01. The summed E-state index contributed by atoms with van der Waals surface area (Å²) >= 11 is 0. The summed E-state index contributed by atoms with van der Waals surface area (Å²) in [7, 11) is 0. The van der Waals surface area contributed by atoms with Crippen LogP contribution in [0.2, 0.25) is 0 Å². The minimum atomic E-state index is -0.816. The second kappa shape index (κ2) is 17.7. The molecule has 0 spiro atoms. The van der Waals surface area contributed by atoms with Crippen LogP contribution < -0.4 is 0 Å². The Labute approximate surface area is 147 Å². The maximum Gasteiger partial charge on any atom is 0.303 e. The van der Waals surface area contributed by atoms with Crippen molar-refractivity contribution < 1.29 is 15.0 Å². The van der Waals surface area contributed by atoms with Gasteiger partial charge in [-0.3, -0.25) is 4.79 Å². The fraction of sp³-hybridized carbons (Fsp3) is 0.571. The average Bonchev–Trinajstić information content (AvgIpc) is 2.55. The predicted octanol–water partition coefficient (Wildman–Crippen LogP) is 5.58. The molecule has 0 aromatic heterocycles. The summed E-state index contributed by atoms with van der Waals surface area (Å²) in [6, 6.07) is 0. The van der Waals surface area contributed by atoms with Crippen LogP contribution in [0.3, 0.4) is 0 Å². The smallest absolute Gasteiger partial charge is 0.303 e. The number of hydrogen-bond donors (Lipinski definition) is 2. The van der Waals surface area contributed by atoms with E-state index in [1.807, 2.05) is 18.2 Å². The molecule has 0 aromatic rings. The van der Waals surface area contributed by atoms with Gasteiger partial charge in [0.2, 0.25) is 0 Å². The lowest BCUT2D eigenvalue weighted by molar-refractivity contribution is -0.137. The van der Waals surface area contributed by atoms with Crippen molar-refractivity contribution in [3.8, 4) is 0 Å². The normalized spacial score (nSPS) is 13.8. The lowest BCUT2D eigenvalue weighted by atomic mass is 10.1. The van der Waals surface area contributed by atoms with Crippen molar-refractivity contribution in [1.82, 2.24) is 0 Å². The maximum atomic E-state index is 10.4. The van der Waals surface area contributed by atoms with Crippen LogP contribution in [-0.2, 0) is 4.79 Å². The Balaban J connectivity index is 3.57. The Morgan fingerprint density at radius 1 is 0.917 bits per heavy atom. The van der Waals surface area contributed by atoms with Gasteiger partial charge < -0.3 is 10.2 Å². The highest BCUT2D eigenvalue weighted by Crippen LogP contribution is 2.04. The zero-order valence-corrected chi connectivity index (χ0v) is 15.1. The van der Waals surface area contributed by atoms with Gasteiger partial charge in [-0.1, -0.05) is 74.8 Å². The van der Waals surface area contributed by atoms with Gasteiger partial charge in [0.05, 0.1) is 6.10 Å². The first-order chi connectivity index (χ1) is 11.7. The summed E-state index contributed by atoms with van der Waals surface area (Å²) in [5.41, 5.74) is 0. The third kappa shape index (κ3) is 18.4. The molecule has 136 valence electrons. The number of unbranched alkanes of at least 4 members (excludes halogenated alkanes) is 4. The molecule has 0 rings (SSSR count). The van der Waals surface area contributed by atoms with Crippen LogP contribution >= 0.6 is 0 Å². The van der Waals surface area contributed by atoms with Crippen LogP contribution in [0.15, 0.2) is 48.6 Å². The zero-order chi connectivity index (χ0) is 17.9. The van der Waals surface area contributed by atoms with E-state index < -0.39 is 12.1 Å². The molecule has 24 heavy (non-hydrogen) atoms. The van der Waals surface area contributed by atoms with Gasteiger partial charge in [0.1, 0.15) is 0 Å². The van der Waals surface area contributed by atoms with Crippen molar-refractivity contribution in [2.45, 2.75) is 77.2 Å². The first-order valence-corrected chi connectivity index (χ1v) is 9.20. The molecule has 0 heterocycles. The van der Waals surface area contributed by atoms with Gasteiger partial charge >= 0.3 is 5.97 Å². The largest absolute Gasteiger partial charge is 0.481 e. The first-order valence-electron chi connectivity index (χ1n) is 9.20. The van der Waals surface area contributed by atoms with Crippen LogP contribution in [0.25, 0.3) is 0 Å². The van der Waals surface area contributed by atoms with Crippen molar-refractivity contribution >= 4 is 5.97 Å². The van der Waals surface area contributed by atoms with Crippen LogP contribution in [0.4, 0.5) is 0 Å². The second-order valence-corrected chi connectivity index (χ2v) is 5.93. The number of aliphatic carboxylic acids is 1. The quantitative estimate of drug-likeness (QED) is 0.233. The van der Waals surface area contributed by atoms with Gasteiger partial charge in [-0.2, -0.15) is 0 Å². The fourth-order valence-corrected chi connectivity index (χ4v) is 2.16. The van der Waals surface area contributed by atoms with Gasteiger partial charge in [0.15, 0.2) is 0 Å². The van der Waals surface area contributed by atoms with E-state index in [1.54, 1.807) is 6.08 Å². The van der Waals surface area contributed by atoms with Crippen LogP contribution in [0, 0.1) is 0 Å². The number of hydrogen-bond acceptors (Lipinski definition) is 2. The van der Waals surface area contributed by atoms with E-state index in [4.69, 9.17) is 5.11 Å². The van der Waals surface area contributed by atoms with Crippen LogP contribution in [0.5, 0.6) is 0 Å². The number of allylic oxidation sites excluding steroid dienone is 7. The first kappa shape index (κ1) is 22.4. The molecule has 3 nitrogen and oxygen atoms in total. The van der Waals surface area contributed by atoms with Crippen molar-refractivity contribution in [2.24, 2.45) is 0 Å². The average molecular weight is 335 g/mol. The Bertz CT molecular complexity index is 405.